The predicted molar refractivity (Wildman–Crippen MR) is 81.9 cm³/mol. The van der Waals surface area contributed by atoms with E-state index >= 15 is 0 Å². The minimum atomic E-state index is -0.471. The molecule has 1 N–H and O–H groups in total. The highest BCUT2D eigenvalue weighted by Crippen LogP contribution is 2.26. The van der Waals surface area contributed by atoms with Crippen molar-refractivity contribution in [3.8, 4) is 0 Å². The van der Waals surface area contributed by atoms with E-state index in [0.29, 0.717) is 18.5 Å². The van der Waals surface area contributed by atoms with Gasteiger partial charge in [-0.15, -0.1) is 0 Å². The summed E-state index contributed by atoms with van der Waals surface area (Å²) in [6.07, 6.45) is 5.40. The maximum Gasteiger partial charge on any atom is 0.234 e. The molecule has 0 radical (unpaired) electrons. The standard InChI is InChI=1S/C17H23NO3/c1-2-3-4-5-6-15(19)13-7-9-14(10-8-13)18-16(20)11-12-17(18)21/h7-10,15,19H,2-6,11-12H2,1H3. The summed E-state index contributed by atoms with van der Waals surface area (Å²) in [6, 6.07) is 7.09. The molecule has 0 saturated carbocycles. The molecule has 4 nitrogen and oxygen atoms in total. The molecule has 1 fully saturated rings. The van der Waals surface area contributed by atoms with Gasteiger partial charge in [0, 0.05) is 12.8 Å². The van der Waals surface area contributed by atoms with Gasteiger partial charge < -0.3 is 5.11 Å². The molecular weight excluding hydrogens is 266 g/mol. The number of carbonyl (C=O) groups is 2. The van der Waals surface area contributed by atoms with Gasteiger partial charge in [0.25, 0.3) is 0 Å². The Bertz CT molecular complexity index is 479. The van der Waals surface area contributed by atoms with Crippen LogP contribution in [0.1, 0.15) is 63.5 Å². The van der Waals surface area contributed by atoms with E-state index in [1.165, 1.54) is 17.7 Å². The molecule has 0 aromatic heterocycles. The second kappa shape index (κ2) is 7.36. The van der Waals surface area contributed by atoms with E-state index in [4.69, 9.17) is 0 Å². The minimum absolute atomic E-state index is 0.145. The molecule has 1 aromatic rings. The summed E-state index contributed by atoms with van der Waals surface area (Å²) < 4.78 is 0. The fraction of sp³-hybridized carbons (Fsp3) is 0.529. The molecule has 0 aliphatic carbocycles. The lowest BCUT2D eigenvalue weighted by molar-refractivity contribution is -0.121. The molecule has 4 heteroatoms. The SMILES string of the molecule is CCCCCCC(O)c1ccc(N2C(=O)CCC2=O)cc1. The van der Waals surface area contributed by atoms with Crippen molar-refractivity contribution in [3.63, 3.8) is 0 Å². The minimum Gasteiger partial charge on any atom is -0.388 e. The average Bonchev–Trinajstić information content (AvgIpc) is 2.83. The first-order valence-electron chi connectivity index (χ1n) is 7.77. The second-order valence-electron chi connectivity index (χ2n) is 5.58. The number of anilines is 1. The van der Waals surface area contributed by atoms with Crippen molar-refractivity contribution in [2.75, 3.05) is 4.90 Å². The van der Waals surface area contributed by atoms with Crippen LogP contribution >= 0.6 is 0 Å². The first-order chi connectivity index (χ1) is 10.1. The van der Waals surface area contributed by atoms with Crippen molar-refractivity contribution in [2.45, 2.75) is 58.0 Å². The van der Waals surface area contributed by atoms with Crippen LogP contribution in [0, 0.1) is 0 Å². The second-order valence-corrected chi connectivity index (χ2v) is 5.58. The number of carbonyl (C=O) groups excluding carboxylic acids is 2. The molecule has 1 atom stereocenters. The third-order valence-electron chi connectivity index (χ3n) is 3.92. The summed E-state index contributed by atoms with van der Waals surface area (Å²) in [5.41, 5.74) is 1.44. The van der Waals surface area contributed by atoms with Gasteiger partial charge in [-0.2, -0.15) is 0 Å². The average molecular weight is 289 g/mol. The van der Waals surface area contributed by atoms with Gasteiger partial charge in [0.15, 0.2) is 0 Å². The maximum atomic E-state index is 11.7. The van der Waals surface area contributed by atoms with Crippen LogP contribution in [-0.4, -0.2) is 16.9 Å². The molecule has 21 heavy (non-hydrogen) atoms. The lowest BCUT2D eigenvalue weighted by Gasteiger charge is -2.16. The zero-order valence-corrected chi connectivity index (χ0v) is 12.5. The van der Waals surface area contributed by atoms with E-state index in [0.717, 1.165) is 24.8 Å². The molecule has 1 aliphatic rings. The monoisotopic (exact) mass is 289 g/mol. The van der Waals surface area contributed by atoms with Gasteiger partial charge in [0.1, 0.15) is 0 Å². The first-order valence-corrected chi connectivity index (χ1v) is 7.77. The molecule has 114 valence electrons. The zero-order valence-electron chi connectivity index (χ0n) is 12.5. The van der Waals surface area contributed by atoms with Gasteiger partial charge in [-0.1, -0.05) is 44.7 Å². The third kappa shape index (κ3) is 3.91. The van der Waals surface area contributed by atoms with E-state index in [-0.39, 0.29) is 11.8 Å². The molecule has 1 aliphatic heterocycles. The fourth-order valence-corrected chi connectivity index (χ4v) is 2.64. The largest absolute Gasteiger partial charge is 0.388 e. The topological polar surface area (TPSA) is 57.6 Å². The van der Waals surface area contributed by atoms with Crippen LogP contribution in [0.2, 0.25) is 0 Å². The molecule has 1 aromatic carbocycles. The molecule has 2 amide bonds. The van der Waals surface area contributed by atoms with E-state index < -0.39 is 6.10 Å². The normalized spacial score (nSPS) is 16.6. The Hall–Kier alpha value is -1.68. The van der Waals surface area contributed by atoms with Crippen LogP contribution in [0.3, 0.4) is 0 Å². The van der Waals surface area contributed by atoms with Crippen LogP contribution < -0.4 is 4.90 Å². The first kappa shape index (κ1) is 15.7. The highest BCUT2D eigenvalue weighted by atomic mass is 16.3. The summed E-state index contributed by atoms with van der Waals surface area (Å²) >= 11 is 0. The molecular formula is C17H23NO3. The van der Waals surface area contributed by atoms with E-state index in [1.807, 2.05) is 0 Å². The highest BCUT2D eigenvalue weighted by molar-refractivity contribution is 6.19. The Labute approximate surface area is 125 Å². The molecule has 1 heterocycles. The summed E-state index contributed by atoms with van der Waals surface area (Å²) in [5.74, 6) is -0.291. The van der Waals surface area contributed by atoms with Crippen LogP contribution in [0.15, 0.2) is 24.3 Å². The van der Waals surface area contributed by atoms with Gasteiger partial charge in [-0.3, -0.25) is 14.5 Å². The number of imide groups is 1. The van der Waals surface area contributed by atoms with Gasteiger partial charge in [-0.25, -0.2) is 0 Å². The van der Waals surface area contributed by atoms with Crippen LogP contribution in [0.25, 0.3) is 0 Å². The van der Waals surface area contributed by atoms with Gasteiger partial charge in [0.2, 0.25) is 11.8 Å². The number of aliphatic hydroxyl groups is 1. The molecule has 2 rings (SSSR count). The van der Waals surface area contributed by atoms with Crippen molar-refractivity contribution < 1.29 is 14.7 Å². The number of nitrogens with zero attached hydrogens (tertiary/aromatic N) is 1. The van der Waals surface area contributed by atoms with E-state index in [9.17, 15) is 14.7 Å². The van der Waals surface area contributed by atoms with Crippen LogP contribution in [-0.2, 0) is 9.59 Å². The van der Waals surface area contributed by atoms with Crippen LogP contribution in [0.5, 0.6) is 0 Å². The molecule has 1 saturated heterocycles. The summed E-state index contributed by atoms with van der Waals surface area (Å²) in [7, 11) is 0. The maximum absolute atomic E-state index is 11.7. The Balaban J connectivity index is 1.95. The number of rotatable bonds is 7. The fourth-order valence-electron chi connectivity index (χ4n) is 2.64. The Kier molecular flexibility index (Phi) is 5.51. The van der Waals surface area contributed by atoms with Crippen molar-refractivity contribution in [3.05, 3.63) is 29.8 Å². The van der Waals surface area contributed by atoms with Crippen LogP contribution in [0.4, 0.5) is 5.69 Å². The van der Waals surface area contributed by atoms with Crippen molar-refractivity contribution in [1.29, 1.82) is 0 Å². The number of amides is 2. The molecule has 0 spiro atoms. The number of unbranched alkanes of at least 4 members (excludes halogenated alkanes) is 3. The van der Waals surface area contributed by atoms with Gasteiger partial charge >= 0.3 is 0 Å². The lowest BCUT2D eigenvalue weighted by Crippen LogP contribution is -2.28. The van der Waals surface area contributed by atoms with Gasteiger partial charge in [0.05, 0.1) is 11.8 Å². The van der Waals surface area contributed by atoms with E-state index in [2.05, 4.69) is 6.92 Å². The smallest absolute Gasteiger partial charge is 0.234 e. The van der Waals surface area contributed by atoms with E-state index in [1.54, 1.807) is 24.3 Å². The molecule has 0 bridgehead atoms. The number of benzene rings is 1. The quantitative estimate of drug-likeness (QED) is 0.618. The summed E-state index contributed by atoms with van der Waals surface area (Å²) in [5, 5.41) is 10.1. The predicted octanol–water partition coefficient (Wildman–Crippen LogP) is 3.34. The lowest BCUT2D eigenvalue weighted by atomic mass is 10.0. The highest BCUT2D eigenvalue weighted by Gasteiger charge is 2.30. The van der Waals surface area contributed by atoms with Crippen molar-refractivity contribution >= 4 is 17.5 Å². The van der Waals surface area contributed by atoms with Crippen molar-refractivity contribution in [2.24, 2.45) is 0 Å². The van der Waals surface area contributed by atoms with Gasteiger partial charge in [-0.05, 0) is 24.1 Å². The number of aliphatic hydroxyl groups excluding tert-OH is 1. The van der Waals surface area contributed by atoms with Crippen molar-refractivity contribution in [1.82, 2.24) is 0 Å². The third-order valence-corrected chi connectivity index (χ3v) is 3.92. The Morgan fingerprint density at radius 2 is 1.67 bits per heavy atom. The number of hydrogen-bond donors (Lipinski definition) is 1. The zero-order chi connectivity index (χ0) is 15.2. The summed E-state index contributed by atoms with van der Waals surface area (Å²) in [4.78, 5) is 24.6. The Morgan fingerprint density at radius 3 is 2.24 bits per heavy atom. The number of hydrogen-bond acceptors (Lipinski definition) is 3. The Morgan fingerprint density at radius 1 is 1.05 bits per heavy atom. The summed E-state index contributed by atoms with van der Waals surface area (Å²) in [6.45, 7) is 2.16. The molecule has 1 unspecified atom stereocenters.